The van der Waals surface area contributed by atoms with Gasteiger partial charge in [0.05, 0.1) is 6.04 Å². The largest absolute Gasteiger partial charge is 0.443 e. The predicted octanol–water partition coefficient (Wildman–Crippen LogP) is 3.67. The van der Waals surface area contributed by atoms with Gasteiger partial charge in [-0.15, -0.1) is 0 Å². The first-order chi connectivity index (χ1) is 11.9. The summed E-state index contributed by atoms with van der Waals surface area (Å²) >= 11 is 0. The Labute approximate surface area is 149 Å². The SMILES string of the molecule is CC(C)(C)OC(=O)N(c1ccc([C@H]2CCCN2C=O)cn1)C1CCC1. The third kappa shape index (κ3) is 3.94. The number of carbonyl (C=O) groups excluding carboxylic acids is 2. The summed E-state index contributed by atoms with van der Waals surface area (Å²) in [4.78, 5) is 31.8. The Balaban J connectivity index is 1.79. The Bertz CT molecular complexity index is 620. The maximum absolute atomic E-state index is 12.6. The van der Waals surface area contributed by atoms with Crippen LogP contribution in [0.15, 0.2) is 18.3 Å². The van der Waals surface area contributed by atoms with E-state index in [0.29, 0.717) is 5.82 Å². The van der Waals surface area contributed by atoms with Gasteiger partial charge in [-0.3, -0.25) is 9.69 Å². The van der Waals surface area contributed by atoms with Crippen LogP contribution in [0.5, 0.6) is 0 Å². The van der Waals surface area contributed by atoms with Crippen LogP contribution >= 0.6 is 0 Å². The monoisotopic (exact) mass is 345 g/mol. The number of aromatic nitrogens is 1. The van der Waals surface area contributed by atoms with Crippen molar-refractivity contribution in [1.29, 1.82) is 0 Å². The van der Waals surface area contributed by atoms with Gasteiger partial charge in [0.1, 0.15) is 11.4 Å². The van der Waals surface area contributed by atoms with Crippen molar-refractivity contribution in [2.75, 3.05) is 11.4 Å². The van der Waals surface area contributed by atoms with Crippen LogP contribution in [0.4, 0.5) is 10.6 Å². The normalized spacial score (nSPS) is 20.9. The zero-order chi connectivity index (χ0) is 18.0. The van der Waals surface area contributed by atoms with E-state index in [1.54, 1.807) is 11.1 Å². The average molecular weight is 345 g/mol. The fourth-order valence-corrected chi connectivity index (χ4v) is 3.40. The van der Waals surface area contributed by atoms with E-state index in [1.165, 1.54) is 0 Å². The van der Waals surface area contributed by atoms with Gasteiger partial charge in [0.15, 0.2) is 0 Å². The third-order valence-corrected chi connectivity index (χ3v) is 4.86. The number of hydrogen-bond donors (Lipinski definition) is 0. The minimum absolute atomic E-state index is 0.0951. The molecule has 1 aliphatic carbocycles. The highest BCUT2D eigenvalue weighted by atomic mass is 16.6. The van der Waals surface area contributed by atoms with Gasteiger partial charge < -0.3 is 9.64 Å². The zero-order valence-electron chi connectivity index (χ0n) is 15.3. The van der Waals surface area contributed by atoms with E-state index in [4.69, 9.17) is 4.74 Å². The van der Waals surface area contributed by atoms with Gasteiger partial charge in [-0.1, -0.05) is 6.07 Å². The summed E-state index contributed by atoms with van der Waals surface area (Å²) in [6.07, 6.45) is 7.40. The van der Waals surface area contributed by atoms with E-state index in [9.17, 15) is 9.59 Å². The van der Waals surface area contributed by atoms with Crippen LogP contribution in [0.2, 0.25) is 0 Å². The number of amides is 2. The number of pyridine rings is 1. The molecule has 0 unspecified atom stereocenters. The van der Waals surface area contributed by atoms with Crippen molar-refractivity contribution in [1.82, 2.24) is 9.88 Å². The maximum atomic E-state index is 12.6. The van der Waals surface area contributed by atoms with Crippen molar-refractivity contribution >= 4 is 18.3 Å². The number of likely N-dealkylation sites (tertiary alicyclic amines) is 1. The van der Waals surface area contributed by atoms with Crippen LogP contribution in [0.1, 0.15) is 64.5 Å². The Morgan fingerprint density at radius 1 is 1.28 bits per heavy atom. The van der Waals surface area contributed by atoms with Crippen LogP contribution in [-0.2, 0) is 9.53 Å². The van der Waals surface area contributed by atoms with Gasteiger partial charge in [-0.25, -0.2) is 9.78 Å². The molecule has 1 aromatic rings. The number of carbonyl (C=O) groups is 2. The number of rotatable bonds is 4. The van der Waals surface area contributed by atoms with Crippen molar-refractivity contribution in [3.05, 3.63) is 23.9 Å². The van der Waals surface area contributed by atoms with E-state index in [-0.39, 0.29) is 18.2 Å². The standard InChI is InChI=1S/C19H27N3O3/c1-19(2,3)25-18(24)22(15-6-4-7-15)17-10-9-14(12-20-17)16-8-5-11-21(16)13-23/h9-10,12-13,15-16H,4-8,11H2,1-3H3/t16-/m1/s1. The van der Waals surface area contributed by atoms with Crippen molar-refractivity contribution < 1.29 is 14.3 Å². The third-order valence-electron chi connectivity index (χ3n) is 4.86. The first-order valence-electron chi connectivity index (χ1n) is 9.08. The molecule has 2 amide bonds. The quantitative estimate of drug-likeness (QED) is 0.781. The average Bonchev–Trinajstić information content (AvgIpc) is 2.97. The molecule has 136 valence electrons. The van der Waals surface area contributed by atoms with Crippen LogP contribution in [-0.4, -0.2) is 40.6 Å². The second kappa shape index (κ2) is 7.02. The van der Waals surface area contributed by atoms with E-state index >= 15 is 0 Å². The lowest BCUT2D eigenvalue weighted by Gasteiger charge is -2.37. The molecule has 6 heteroatoms. The topological polar surface area (TPSA) is 62.7 Å². The Morgan fingerprint density at radius 3 is 2.56 bits per heavy atom. The lowest BCUT2D eigenvalue weighted by Crippen LogP contribution is -2.47. The summed E-state index contributed by atoms with van der Waals surface area (Å²) in [7, 11) is 0. The highest BCUT2D eigenvalue weighted by molar-refractivity contribution is 5.87. The second-order valence-corrected chi connectivity index (χ2v) is 7.89. The molecule has 1 saturated heterocycles. The van der Waals surface area contributed by atoms with Crippen molar-refractivity contribution in [2.45, 2.75) is 70.6 Å². The molecule has 0 bridgehead atoms. The van der Waals surface area contributed by atoms with E-state index < -0.39 is 5.60 Å². The summed E-state index contributed by atoms with van der Waals surface area (Å²) in [5.41, 5.74) is 0.485. The van der Waals surface area contributed by atoms with Gasteiger partial charge in [0.25, 0.3) is 0 Å². The minimum Gasteiger partial charge on any atom is -0.443 e. The molecule has 1 aliphatic heterocycles. The molecule has 1 atom stereocenters. The van der Waals surface area contributed by atoms with Gasteiger partial charge in [-0.2, -0.15) is 0 Å². The number of nitrogens with zero attached hydrogens (tertiary/aromatic N) is 3. The van der Waals surface area contributed by atoms with Crippen LogP contribution in [0.25, 0.3) is 0 Å². The maximum Gasteiger partial charge on any atom is 0.416 e. The van der Waals surface area contributed by atoms with Gasteiger partial charge in [0.2, 0.25) is 6.41 Å². The summed E-state index contributed by atoms with van der Waals surface area (Å²) in [5.74, 6) is 0.623. The van der Waals surface area contributed by atoms with Gasteiger partial charge >= 0.3 is 6.09 Å². The molecule has 6 nitrogen and oxygen atoms in total. The molecule has 2 fully saturated rings. The van der Waals surface area contributed by atoms with E-state index in [1.807, 2.05) is 37.8 Å². The van der Waals surface area contributed by atoms with E-state index in [0.717, 1.165) is 50.6 Å². The van der Waals surface area contributed by atoms with Gasteiger partial charge in [0, 0.05) is 18.8 Å². The van der Waals surface area contributed by atoms with E-state index in [2.05, 4.69) is 4.98 Å². The fraction of sp³-hybridized carbons (Fsp3) is 0.632. The first kappa shape index (κ1) is 17.7. The number of ether oxygens (including phenoxy) is 1. The van der Waals surface area contributed by atoms with Crippen molar-refractivity contribution in [2.24, 2.45) is 0 Å². The van der Waals surface area contributed by atoms with Crippen molar-refractivity contribution in [3.8, 4) is 0 Å². The molecule has 0 aromatic carbocycles. The first-order valence-corrected chi connectivity index (χ1v) is 9.08. The molecular weight excluding hydrogens is 318 g/mol. The highest BCUT2D eigenvalue weighted by Gasteiger charge is 2.34. The molecule has 2 heterocycles. The Kier molecular flexibility index (Phi) is 4.97. The van der Waals surface area contributed by atoms with Crippen molar-refractivity contribution in [3.63, 3.8) is 0 Å². The second-order valence-electron chi connectivity index (χ2n) is 7.89. The van der Waals surface area contributed by atoms with Crippen LogP contribution < -0.4 is 4.90 Å². The predicted molar refractivity (Wildman–Crippen MR) is 95.3 cm³/mol. The highest BCUT2D eigenvalue weighted by Crippen LogP contribution is 2.33. The molecular formula is C19H27N3O3. The summed E-state index contributed by atoms with van der Waals surface area (Å²) in [6.45, 7) is 6.40. The summed E-state index contributed by atoms with van der Waals surface area (Å²) in [6, 6.07) is 4.10. The number of hydrogen-bond acceptors (Lipinski definition) is 4. The number of anilines is 1. The molecule has 1 aromatic heterocycles. The lowest BCUT2D eigenvalue weighted by molar-refractivity contribution is -0.118. The fourth-order valence-electron chi connectivity index (χ4n) is 3.40. The molecule has 0 N–H and O–H groups in total. The Hall–Kier alpha value is -2.11. The smallest absolute Gasteiger partial charge is 0.416 e. The van der Waals surface area contributed by atoms with Crippen LogP contribution in [0.3, 0.4) is 0 Å². The Morgan fingerprint density at radius 2 is 2.04 bits per heavy atom. The minimum atomic E-state index is -0.534. The molecule has 0 spiro atoms. The molecule has 25 heavy (non-hydrogen) atoms. The molecule has 1 saturated carbocycles. The molecule has 2 aliphatic rings. The van der Waals surface area contributed by atoms with Gasteiger partial charge in [-0.05, 0) is 64.5 Å². The molecule has 0 radical (unpaired) electrons. The molecule has 3 rings (SSSR count). The lowest BCUT2D eigenvalue weighted by atomic mass is 9.91. The summed E-state index contributed by atoms with van der Waals surface area (Å²) < 4.78 is 5.57. The summed E-state index contributed by atoms with van der Waals surface area (Å²) in [5, 5.41) is 0. The zero-order valence-corrected chi connectivity index (χ0v) is 15.3. The van der Waals surface area contributed by atoms with Crippen LogP contribution in [0, 0.1) is 0 Å².